The van der Waals surface area contributed by atoms with Crippen LogP contribution in [0.5, 0.6) is 0 Å². The fourth-order valence-electron chi connectivity index (χ4n) is 3.14. The van der Waals surface area contributed by atoms with Crippen LogP contribution in [0.4, 0.5) is 5.95 Å². The van der Waals surface area contributed by atoms with E-state index in [-0.39, 0.29) is 6.10 Å². The standard InChI is InChI=1S/C20H21N5O/c1-3-16(13-22-8-1)15-26-18-4-2-12-25(14-18)20-23-11-7-19(24-20)17-5-9-21-10-6-17/h1,3,5-11,13,18H,2,4,12,14-15H2. The molecule has 1 aliphatic rings. The summed E-state index contributed by atoms with van der Waals surface area (Å²) < 4.78 is 6.09. The molecule has 0 saturated carbocycles. The van der Waals surface area contributed by atoms with E-state index < -0.39 is 0 Å². The molecule has 6 heteroatoms. The Morgan fingerprint density at radius 3 is 2.81 bits per heavy atom. The molecule has 0 bridgehead atoms. The van der Waals surface area contributed by atoms with Gasteiger partial charge in [0.05, 0.1) is 18.4 Å². The Morgan fingerprint density at radius 2 is 1.96 bits per heavy atom. The number of piperidine rings is 1. The van der Waals surface area contributed by atoms with Crippen molar-refractivity contribution < 1.29 is 4.74 Å². The molecule has 0 aromatic carbocycles. The third-order valence-corrected chi connectivity index (χ3v) is 4.49. The summed E-state index contributed by atoms with van der Waals surface area (Å²) in [6.07, 6.45) is 11.3. The van der Waals surface area contributed by atoms with Crippen LogP contribution in [0.1, 0.15) is 18.4 Å². The van der Waals surface area contributed by atoms with E-state index in [9.17, 15) is 0 Å². The van der Waals surface area contributed by atoms with Crippen LogP contribution in [-0.2, 0) is 11.3 Å². The Hall–Kier alpha value is -2.86. The van der Waals surface area contributed by atoms with Crippen LogP contribution in [0.25, 0.3) is 11.3 Å². The maximum atomic E-state index is 6.09. The molecule has 26 heavy (non-hydrogen) atoms. The van der Waals surface area contributed by atoms with E-state index in [0.29, 0.717) is 6.61 Å². The molecular formula is C20H21N5O. The molecular weight excluding hydrogens is 326 g/mol. The average molecular weight is 347 g/mol. The van der Waals surface area contributed by atoms with Crippen LogP contribution in [0.15, 0.2) is 61.3 Å². The lowest BCUT2D eigenvalue weighted by molar-refractivity contribution is 0.0311. The number of rotatable bonds is 5. The normalized spacial score (nSPS) is 17.2. The van der Waals surface area contributed by atoms with Crippen molar-refractivity contribution in [1.29, 1.82) is 0 Å². The first kappa shape index (κ1) is 16.6. The van der Waals surface area contributed by atoms with Gasteiger partial charge in [0.25, 0.3) is 0 Å². The fraction of sp³-hybridized carbons (Fsp3) is 0.300. The molecule has 0 radical (unpaired) electrons. The summed E-state index contributed by atoms with van der Waals surface area (Å²) in [7, 11) is 0. The first-order chi connectivity index (χ1) is 12.9. The Balaban J connectivity index is 1.43. The van der Waals surface area contributed by atoms with E-state index >= 15 is 0 Å². The number of nitrogens with zero attached hydrogens (tertiary/aromatic N) is 5. The number of ether oxygens (including phenoxy) is 1. The molecule has 4 heterocycles. The quantitative estimate of drug-likeness (QED) is 0.707. The zero-order chi connectivity index (χ0) is 17.6. The van der Waals surface area contributed by atoms with Crippen molar-refractivity contribution >= 4 is 5.95 Å². The van der Waals surface area contributed by atoms with Gasteiger partial charge in [-0.15, -0.1) is 0 Å². The highest BCUT2D eigenvalue weighted by atomic mass is 16.5. The zero-order valence-electron chi connectivity index (χ0n) is 14.5. The zero-order valence-corrected chi connectivity index (χ0v) is 14.5. The second-order valence-electron chi connectivity index (χ2n) is 6.36. The van der Waals surface area contributed by atoms with Gasteiger partial charge in [-0.05, 0) is 42.7 Å². The molecule has 1 atom stereocenters. The van der Waals surface area contributed by atoms with Gasteiger partial charge in [-0.1, -0.05) is 6.07 Å². The third kappa shape index (κ3) is 4.03. The topological polar surface area (TPSA) is 64.0 Å². The van der Waals surface area contributed by atoms with Gasteiger partial charge in [-0.3, -0.25) is 9.97 Å². The minimum absolute atomic E-state index is 0.178. The molecule has 6 nitrogen and oxygen atoms in total. The van der Waals surface area contributed by atoms with Crippen molar-refractivity contribution in [2.45, 2.75) is 25.6 Å². The van der Waals surface area contributed by atoms with Crippen molar-refractivity contribution in [2.75, 3.05) is 18.0 Å². The maximum absolute atomic E-state index is 6.09. The largest absolute Gasteiger partial charge is 0.372 e. The van der Waals surface area contributed by atoms with Gasteiger partial charge >= 0.3 is 0 Å². The predicted octanol–water partition coefficient (Wildman–Crippen LogP) is 3.12. The summed E-state index contributed by atoms with van der Waals surface area (Å²) in [5, 5.41) is 0. The highest BCUT2D eigenvalue weighted by Crippen LogP contribution is 2.22. The summed E-state index contributed by atoms with van der Waals surface area (Å²) in [4.78, 5) is 19.6. The molecule has 3 aromatic heterocycles. The van der Waals surface area contributed by atoms with E-state index in [1.54, 1.807) is 18.6 Å². The van der Waals surface area contributed by atoms with Crippen molar-refractivity contribution in [3.05, 3.63) is 66.9 Å². The lowest BCUT2D eigenvalue weighted by Crippen LogP contribution is -2.40. The minimum Gasteiger partial charge on any atom is -0.372 e. The smallest absolute Gasteiger partial charge is 0.225 e. The van der Waals surface area contributed by atoms with E-state index in [1.165, 1.54) is 0 Å². The lowest BCUT2D eigenvalue weighted by Gasteiger charge is -2.32. The van der Waals surface area contributed by atoms with Crippen LogP contribution in [0.3, 0.4) is 0 Å². The summed E-state index contributed by atoms with van der Waals surface area (Å²) in [6, 6.07) is 9.82. The van der Waals surface area contributed by atoms with Crippen LogP contribution in [0.2, 0.25) is 0 Å². The molecule has 1 unspecified atom stereocenters. The highest BCUT2D eigenvalue weighted by molar-refractivity contribution is 5.59. The number of hydrogen-bond acceptors (Lipinski definition) is 6. The second kappa shape index (κ2) is 8.01. The van der Waals surface area contributed by atoms with E-state index in [2.05, 4.69) is 19.9 Å². The Bertz CT molecular complexity index is 828. The van der Waals surface area contributed by atoms with Gasteiger partial charge < -0.3 is 9.64 Å². The summed E-state index contributed by atoms with van der Waals surface area (Å²) >= 11 is 0. The van der Waals surface area contributed by atoms with Crippen molar-refractivity contribution in [3.63, 3.8) is 0 Å². The van der Waals surface area contributed by atoms with Gasteiger partial charge in [0.2, 0.25) is 5.95 Å². The second-order valence-corrected chi connectivity index (χ2v) is 6.36. The molecule has 0 amide bonds. The highest BCUT2D eigenvalue weighted by Gasteiger charge is 2.22. The van der Waals surface area contributed by atoms with E-state index in [0.717, 1.165) is 48.7 Å². The summed E-state index contributed by atoms with van der Waals surface area (Å²) in [5.74, 6) is 0.758. The predicted molar refractivity (Wildman–Crippen MR) is 99.5 cm³/mol. The summed E-state index contributed by atoms with van der Waals surface area (Å²) in [6.45, 7) is 2.34. The maximum Gasteiger partial charge on any atom is 0.225 e. The van der Waals surface area contributed by atoms with Gasteiger partial charge in [0.15, 0.2) is 0 Å². The fourth-order valence-corrected chi connectivity index (χ4v) is 3.14. The SMILES string of the molecule is c1cncc(COC2CCCN(c3nccc(-c4ccncc4)n3)C2)c1. The van der Waals surface area contributed by atoms with Crippen molar-refractivity contribution in [3.8, 4) is 11.3 Å². The Kier molecular flexibility index (Phi) is 5.12. The molecule has 0 N–H and O–H groups in total. The van der Waals surface area contributed by atoms with Crippen LogP contribution in [0, 0.1) is 0 Å². The number of pyridine rings is 2. The molecule has 0 aliphatic carbocycles. The molecule has 1 aliphatic heterocycles. The van der Waals surface area contributed by atoms with Crippen LogP contribution >= 0.6 is 0 Å². The van der Waals surface area contributed by atoms with Crippen LogP contribution in [-0.4, -0.2) is 39.1 Å². The van der Waals surface area contributed by atoms with Crippen molar-refractivity contribution in [1.82, 2.24) is 19.9 Å². The van der Waals surface area contributed by atoms with Gasteiger partial charge in [0, 0.05) is 49.6 Å². The Morgan fingerprint density at radius 1 is 1.04 bits per heavy atom. The molecule has 0 spiro atoms. The summed E-state index contributed by atoms with van der Waals surface area (Å²) in [5.41, 5.74) is 3.06. The average Bonchev–Trinajstić information content (AvgIpc) is 2.74. The van der Waals surface area contributed by atoms with Gasteiger partial charge in [0.1, 0.15) is 0 Å². The van der Waals surface area contributed by atoms with Crippen LogP contribution < -0.4 is 4.90 Å². The first-order valence-corrected chi connectivity index (χ1v) is 8.87. The molecule has 3 aromatic rings. The number of anilines is 1. The molecule has 132 valence electrons. The first-order valence-electron chi connectivity index (χ1n) is 8.87. The monoisotopic (exact) mass is 347 g/mol. The van der Waals surface area contributed by atoms with Crippen molar-refractivity contribution in [2.24, 2.45) is 0 Å². The molecule has 1 fully saturated rings. The van der Waals surface area contributed by atoms with E-state index in [1.807, 2.05) is 42.7 Å². The van der Waals surface area contributed by atoms with Gasteiger partial charge in [-0.2, -0.15) is 0 Å². The Labute approximate surface area is 152 Å². The van der Waals surface area contributed by atoms with E-state index in [4.69, 9.17) is 9.72 Å². The minimum atomic E-state index is 0.178. The molecule has 1 saturated heterocycles. The lowest BCUT2D eigenvalue weighted by atomic mass is 10.1. The molecule has 4 rings (SSSR count). The number of hydrogen-bond donors (Lipinski definition) is 0. The third-order valence-electron chi connectivity index (χ3n) is 4.49. The number of aromatic nitrogens is 4. The van der Waals surface area contributed by atoms with Gasteiger partial charge in [-0.25, -0.2) is 9.97 Å².